The summed E-state index contributed by atoms with van der Waals surface area (Å²) in [6, 6.07) is 14.0. The fourth-order valence-electron chi connectivity index (χ4n) is 2.84. The first-order valence-corrected chi connectivity index (χ1v) is 10.1. The molecule has 9 nitrogen and oxygen atoms in total. The van der Waals surface area contributed by atoms with Gasteiger partial charge in [-0.1, -0.05) is 18.2 Å². The molecular formula is C23H28N2O7. The largest absolute Gasteiger partial charge is 0.497 e. The lowest BCUT2D eigenvalue weighted by Crippen LogP contribution is -2.17. The molecule has 9 heteroatoms. The van der Waals surface area contributed by atoms with Crippen LogP contribution in [0.25, 0.3) is 0 Å². The van der Waals surface area contributed by atoms with Crippen molar-refractivity contribution in [2.24, 2.45) is 0 Å². The number of nitrogens with one attached hydrogen (secondary N) is 2. The van der Waals surface area contributed by atoms with Crippen molar-refractivity contribution in [3.8, 4) is 11.5 Å². The first-order valence-electron chi connectivity index (χ1n) is 10.1. The number of rotatable bonds is 12. The highest BCUT2D eigenvalue weighted by atomic mass is 16.6. The molecule has 0 saturated carbocycles. The third-order valence-corrected chi connectivity index (χ3v) is 4.41. The van der Waals surface area contributed by atoms with Crippen molar-refractivity contribution in [1.82, 2.24) is 5.48 Å². The van der Waals surface area contributed by atoms with Crippen LogP contribution in [-0.2, 0) is 9.53 Å². The third kappa shape index (κ3) is 8.66. The average Bonchev–Trinajstić information content (AvgIpc) is 2.82. The second kappa shape index (κ2) is 13.7. The van der Waals surface area contributed by atoms with Gasteiger partial charge in [0.25, 0.3) is 5.91 Å². The van der Waals surface area contributed by atoms with Gasteiger partial charge in [0.05, 0.1) is 13.7 Å². The van der Waals surface area contributed by atoms with Gasteiger partial charge in [-0.15, -0.1) is 0 Å². The standard InChI is InChI=1S/C23H28N2O7/c1-30-19-13-9-18(10-14-19)24-23(28)32-21(5-3-2-4-6-22(27)25-29)17-7-11-20(12-8-17)31-16-15-26/h4,6-14,21,26,29H,2-3,5,15-16H2,1H3,(H,24,28)(H,25,27)/b6-4+/t21-/m0/s1. The van der Waals surface area contributed by atoms with Gasteiger partial charge in [-0.25, -0.2) is 10.3 Å². The molecule has 0 aliphatic rings. The van der Waals surface area contributed by atoms with Crippen LogP contribution in [0.4, 0.5) is 10.5 Å². The lowest BCUT2D eigenvalue weighted by Gasteiger charge is -2.19. The van der Waals surface area contributed by atoms with Crippen LogP contribution < -0.4 is 20.3 Å². The summed E-state index contributed by atoms with van der Waals surface area (Å²) in [6.07, 6.45) is 3.45. The molecule has 4 N–H and O–H groups in total. The topological polar surface area (TPSA) is 126 Å². The van der Waals surface area contributed by atoms with Gasteiger partial charge in [0.15, 0.2) is 0 Å². The van der Waals surface area contributed by atoms with Crippen LogP contribution in [0.15, 0.2) is 60.7 Å². The maximum absolute atomic E-state index is 12.5. The van der Waals surface area contributed by atoms with Crippen LogP contribution in [-0.4, -0.2) is 42.6 Å². The Bertz CT molecular complexity index is 867. The highest BCUT2D eigenvalue weighted by molar-refractivity contribution is 5.86. The Balaban J connectivity index is 2.02. The van der Waals surface area contributed by atoms with Gasteiger partial charge in [0.2, 0.25) is 0 Å². The number of aliphatic hydroxyl groups is 1. The Labute approximate surface area is 186 Å². The molecule has 1 atom stereocenters. The van der Waals surface area contributed by atoms with Crippen molar-refractivity contribution in [2.45, 2.75) is 25.4 Å². The zero-order valence-electron chi connectivity index (χ0n) is 17.8. The second-order valence-electron chi connectivity index (χ2n) is 6.70. The van der Waals surface area contributed by atoms with E-state index >= 15 is 0 Å². The minimum Gasteiger partial charge on any atom is -0.497 e. The van der Waals surface area contributed by atoms with Gasteiger partial charge >= 0.3 is 6.09 Å². The van der Waals surface area contributed by atoms with Crippen molar-refractivity contribution in [2.75, 3.05) is 25.6 Å². The molecule has 0 fully saturated rings. The summed E-state index contributed by atoms with van der Waals surface area (Å²) in [6.45, 7) is 0.109. The Morgan fingerprint density at radius 1 is 1.06 bits per heavy atom. The van der Waals surface area contributed by atoms with E-state index in [2.05, 4.69) is 5.32 Å². The van der Waals surface area contributed by atoms with Gasteiger partial charge in [-0.05, 0) is 61.2 Å². The summed E-state index contributed by atoms with van der Waals surface area (Å²) in [5.41, 5.74) is 2.88. The van der Waals surface area contributed by atoms with Gasteiger partial charge in [0, 0.05) is 11.8 Å². The number of methoxy groups -OCH3 is 1. The number of hydroxylamine groups is 1. The summed E-state index contributed by atoms with van der Waals surface area (Å²) in [7, 11) is 1.56. The smallest absolute Gasteiger partial charge is 0.412 e. The predicted octanol–water partition coefficient (Wildman–Crippen LogP) is 3.59. The SMILES string of the molecule is COc1ccc(NC(=O)O[C@@H](CCC/C=C/C(=O)NO)c2ccc(OCCO)cc2)cc1. The van der Waals surface area contributed by atoms with Crippen molar-refractivity contribution in [1.29, 1.82) is 0 Å². The highest BCUT2D eigenvalue weighted by Gasteiger charge is 2.17. The predicted molar refractivity (Wildman–Crippen MR) is 118 cm³/mol. The van der Waals surface area contributed by atoms with Crippen LogP contribution in [0.5, 0.6) is 11.5 Å². The van der Waals surface area contributed by atoms with Crippen LogP contribution in [0.1, 0.15) is 30.9 Å². The Hall–Kier alpha value is -3.56. The van der Waals surface area contributed by atoms with E-state index < -0.39 is 18.1 Å². The number of allylic oxidation sites excluding steroid dienone is 1. The van der Waals surface area contributed by atoms with Crippen molar-refractivity contribution >= 4 is 17.7 Å². The van der Waals surface area contributed by atoms with E-state index in [0.29, 0.717) is 36.4 Å². The van der Waals surface area contributed by atoms with Crippen molar-refractivity contribution < 1.29 is 34.1 Å². The number of benzene rings is 2. The number of carbonyl (C=O) groups excluding carboxylic acids is 2. The lowest BCUT2D eigenvalue weighted by molar-refractivity contribution is -0.124. The Morgan fingerprint density at radius 2 is 1.75 bits per heavy atom. The van der Waals surface area contributed by atoms with E-state index in [4.69, 9.17) is 24.5 Å². The number of hydrogen-bond donors (Lipinski definition) is 4. The molecule has 2 aromatic rings. The van der Waals surface area contributed by atoms with Crippen LogP contribution in [0.3, 0.4) is 0 Å². The Kier molecular flexibility index (Phi) is 10.6. The van der Waals surface area contributed by atoms with E-state index in [0.717, 1.165) is 5.56 Å². The zero-order valence-corrected chi connectivity index (χ0v) is 17.8. The number of aliphatic hydroxyl groups excluding tert-OH is 1. The number of unbranched alkanes of at least 4 members (excludes halogenated alkanes) is 1. The number of carbonyl (C=O) groups is 2. The monoisotopic (exact) mass is 444 g/mol. The lowest BCUT2D eigenvalue weighted by atomic mass is 10.0. The molecule has 32 heavy (non-hydrogen) atoms. The van der Waals surface area contributed by atoms with Crippen LogP contribution in [0.2, 0.25) is 0 Å². The van der Waals surface area contributed by atoms with E-state index in [1.807, 2.05) is 0 Å². The Morgan fingerprint density at radius 3 is 2.38 bits per heavy atom. The first-order chi connectivity index (χ1) is 15.5. The molecule has 0 heterocycles. The van der Waals surface area contributed by atoms with E-state index in [1.165, 1.54) is 11.6 Å². The molecule has 2 rings (SSSR count). The number of amides is 2. The maximum atomic E-state index is 12.5. The average molecular weight is 444 g/mol. The van der Waals surface area contributed by atoms with Crippen molar-refractivity contribution in [3.63, 3.8) is 0 Å². The minimum absolute atomic E-state index is 0.0825. The van der Waals surface area contributed by atoms with E-state index in [1.54, 1.807) is 61.7 Å². The molecule has 0 aromatic heterocycles. The summed E-state index contributed by atoms with van der Waals surface area (Å²) in [4.78, 5) is 23.5. The summed E-state index contributed by atoms with van der Waals surface area (Å²) >= 11 is 0. The minimum atomic E-state index is -0.602. The molecule has 2 amide bonds. The normalized spacial score (nSPS) is 11.6. The van der Waals surface area contributed by atoms with Crippen LogP contribution in [0, 0.1) is 0 Å². The zero-order chi connectivity index (χ0) is 23.2. The number of anilines is 1. The highest BCUT2D eigenvalue weighted by Crippen LogP contribution is 2.27. The van der Waals surface area contributed by atoms with Gasteiger partial charge in [-0.2, -0.15) is 0 Å². The molecule has 172 valence electrons. The molecular weight excluding hydrogens is 416 g/mol. The summed E-state index contributed by atoms with van der Waals surface area (Å²) in [5.74, 6) is 0.672. The summed E-state index contributed by atoms with van der Waals surface area (Å²) in [5, 5.41) is 20.1. The molecule has 0 aliphatic carbocycles. The molecule has 0 aliphatic heterocycles. The van der Waals surface area contributed by atoms with Gasteiger partial charge < -0.3 is 19.3 Å². The van der Waals surface area contributed by atoms with Gasteiger partial charge in [0.1, 0.15) is 24.2 Å². The van der Waals surface area contributed by atoms with E-state index in [-0.39, 0.29) is 13.2 Å². The second-order valence-corrected chi connectivity index (χ2v) is 6.70. The fourth-order valence-corrected chi connectivity index (χ4v) is 2.84. The maximum Gasteiger partial charge on any atom is 0.412 e. The number of ether oxygens (including phenoxy) is 3. The molecule has 2 aromatic carbocycles. The molecule has 0 unspecified atom stereocenters. The third-order valence-electron chi connectivity index (χ3n) is 4.41. The van der Waals surface area contributed by atoms with Gasteiger partial charge in [-0.3, -0.25) is 15.3 Å². The molecule has 0 saturated heterocycles. The molecule has 0 radical (unpaired) electrons. The van der Waals surface area contributed by atoms with Crippen molar-refractivity contribution in [3.05, 3.63) is 66.2 Å². The fraction of sp³-hybridized carbons (Fsp3) is 0.304. The molecule has 0 spiro atoms. The quantitative estimate of drug-likeness (QED) is 0.171. The summed E-state index contributed by atoms with van der Waals surface area (Å²) < 4.78 is 16.1. The molecule has 0 bridgehead atoms. The first kappa shape index (κ1) is 24.7. The number of hydrogen-bond acceptors (Lipinski definition) is 7. The van der Waals surface area contributed by atoms with E-state index in [9.17, 15) is 9.59 Å². The van der Waals surface area contributed by atoms with Crippen LogP contribution >= 0.6 is 0 Å².